The summed E-state index contributed by atoms with van der Waals surface area (Å²) in [5, 5.41) is 0. The number of para-hydroxylation sites is 2. The van der Waals surface area contributed by atoms with Gasteiger partial charge in [-0.05, 0) is 30.7 Å². The van der Waals surface area contributed by atoms with Crippen molar-refractivity contribution < 1.29 is 28.6 Å². The molecule has 0 saturated carbocycles. The van der Waals surface area contributed by atoms with Gasteiger partial charge in [-0.2, -0.15) is 0 Å². The van der Waals surface area contributed by atoms with Gasteiger partial charge in [0.2, 0.25) is 0 Å². The van der Waals surface area contributed by atoms with E-state index in [9.17, 15) is 14.4 Å². The molecular formula is C20H22N2O6. The Morgan fingerprint density at radius 1 is 0.821 bits per heavy atom. The molecule has 0 bridgehead atoms. The summed E-state index contributed by atoms with van der Waals surface area (Å²) in [5.41, 5.74) is 4.78. The van der Waals surface area contributed by atoms with Crippen LogP contribution in [0.2, 0.25) is 0 Å². The van der Waals surface area contributed by atoms with Crippen LogP contribution in [-0.2, 0) is 14.3 Å². The van der Waals surface area contributed by atoms with Crippen molar-refractivity contribution in [3.05, 3.63) is 60.2 Å². The highest BCUT2D eigenvalue weighted by Gasteiger charge is 2.12. The second-order valence-corrected chi connectivity index (χ2v) is 5.61. The minimum absolute atomic E-state index is 0.379. The third kappa shape index (κ3) is 6.99. The largest absolute Gasteiger partial charge is 0.490 e. The van der Waals surface area contributed by atoms with Gasteiger partial charge in [0.25, 0.3) is 11.8 Å². The first kappa shape index (κ1) is 20.8. The van der Waals surface area contributed by atoms with Crippen molar-refractivity contribution in [2.45, 2.75) is 13.3 Å². The summed E-state index contributed by atoms with van der Waals surface area (Å²) in [5.74, 6) is -0.947. The molecule has 0 unspecified atom stereocenters. The Hall–Kier alpha value is -3.55. The number of hydrogen-bond donors (Lipinski definition) is 2. The fraction of sp³-hybridized carbons (Fsp3) is 0.250. The Balaban J connectivity index is 1.69. The lowest BCUT2D eigenvalue weighted by Crippen LogP contribution is -2.43. The molecule has 28 heavy (non-hydrogen) atoms. The molecule has 0 spiro atoms. The van der Waals surface area contributed by atoms with Crippen LogP contribution in [-0.4, -0.2) is 37.6 Å². The van der Waals surface area contributed by atoms with Crippen LogP contribution < -0.4 is 20.3 Å². The first-order valence-corrected chi connectivity index (χ1v) is 8.74. The first-order valence-electron chi connectivity index (χ1n) is 8.74. The number of hydrogen-bond acceptors (Lipinski definition) is 6. The SMILES string of the molecule is CCCOc1ccccc1OCC(=O)OCC(=O)NNC(=O)c1ccccc1. The maximum Gasteiger partial charge on any atom is 0.344 e. The molecule has 0 radical (unpaired) electrons. The Morgan fingerprint density at radius 3 is 2.14 bits per heavy atom. The molecule has 2 N–H and O–H groups in total. The molecule has 0 heterocycles. The van der Waals surface area contributed by atoms with E-state index >= 15 is 0 Å². The number of ether oxygens (including phenoxy) is 3. The minimum atomic E-state index is -0.727. The predicted molar refractivity (Wildman–Crippen MR) is 101 cm³/mol. The lowest BCUT2D eigenvalue weighted by molar-refractivity contribution is -0.150. The van der Waals surface area contributed by atoms with Crippen molar-refractivity contribution in [3.8, 4) is 11.5 Å². The van der Waals surface area contributed by atoms with Gasteiger partial charge >= 0.3 is 5.97 Å². The smallest absolute Gasteiger partial charge is 0.344 e. The van der Waals surface area contributed by atoms with E-state index in [-0.39, 0.29) is 6.61 Å². The first-order chi connectivity index (χ1) is 13.6. The van der Waals surface area contributed by atoms with E-state index in [0.29, 0.717) is 23.7 Å². The second-order valence-electron chi connectivity index (χ2n) is 5.61. The van der Waals surface area contributed by atoms with Crippen LogP contribution in [0, 0.1) is 0 Å². The third-order valence-corrected chi connectivity index (χ3v) is 3.37. The van der Waals surface area contributed by atoms with E-state index in [1.807, 2.05) is 6.92 Å². The van der Waals surface area contributed by atoms with E-state index < -0.39 is 24.4 Å². The monoisotopic (exact) mass is 386 g/mol. The molecule has 0 saturated heterocycles. The number of amides is 2. The van der Waals surface area contributed by atoms with Gasteiger partial charge in [0.05, 0.1) is 6.61 Å². The highest BCUT2D eigenvalue weighted by molar-refractivity contribution is 5.95. The summed E-state index contributed by atoms with van der Waals surface area (Å²) >= 11 is 0. The van der Waals surface area contributed by atoms with Crippen molar-refractivity contribution in [1.82, 2.24) is 10.9 Å². The standard InChI is InChI=1S/C20H22N2O6/c1-2-12-26-16-10-6-7-11-17(16)27-14-19(24)28-13-18(23)21-22-20(25)15-8-4-3-5-9-15/h3-11H,2,12-14H2,1H3,(H,21,23)(H,22,25). The average molecular weight is 386 g/mol. The van der Waals surface area contributed by atoms with Gasteiger partial charge < -0.3 is 14.2 Å². The van der Waals surface area contributed by atoms with Crippen LogP contribution in [0.3, 0.4) is 0 Å². The molecule has 0 fully saturated rings. The molecule has 2 rings (SSSR count). The maximum absolute atomic E-state index is 11.8. The third-order valence-electron chi connectivity index (χ3n) is 3.37. The van der Waals surface area contributed by atoms with E-state index in [1.54, 1.807) is 54.6 Å². The van der Waals surface area contributed by atoms with Crippen molar-refractivity contribution in [2.24, 2.45) is 0 Å². The minimum Gasteiger partial charge on any atom is -0.490 e. The van der Waals surface area contributed by atoms with E-state index in [0.717, 1.165) is 6.42 Å². The molecule has 2 aromatic rings. The quantitative estimate of drug-likeness (QED) is 0.504. The molecule has 0 aliphatic rings. The Labute approximate surface area is 162 Å². The van der Waals surface area contributed by atoms with Crippen LogP contribution in [0.4, 0.5) is 0 Å². The summed E-state index contributed by atoms with van der Waals surface area (Å²) in [6.45, 7) is 1.58. The highest BCUT2D eigenvalue weighted by Crippen LogP contribution is 2.26. The number of nitrogens with one attached hydrogen (secondary N) is 2. The van der Waals surface area contributed by atoms with Crippen LogP contribution in [0.25, 0.3) is 0 Å². The molecule has 0 aromatic heterocycles. The van der Waals surface area contributed by atoms with Crippen LogP contribution >= 0.6 is 0 Å². The topological polar surface area (TPSA) is 103 Å². The van der Waals surface area contributed by atoms with Gasteiger partial charge in [-0.3, -0.25) is 20.4 Å². The van der Waals surface area contributed by atoms with Crippen molar-refractivity contribution in [3.63, 3.8) is 0 Å². The van der Waals surface area contributed by atoms with Gasteiger partial charge in [-0.15, -0.1) is 0 Å². The average Bonchev–Trinajstić information content (AvgIpc) is 2.74. The van der Waals surface area contributed by atoms with Gasteiger partial charge in [0, 0.05) is 5.56 Å². The Bertz CT molecular complexity index is 794. The molecule has 0 aliphatic heterocycles. The number of esters is 1. The van der Waals surface area contributed by atoms with Crippen LogP contribution in [0.1, 0.15) is 23.7 Å². The lowest BCUT2D eigenvalue weighted by atomic mass is 10.2. The molecule has 0 aliphatic carbocycles. The summed E-state index contributed by atoms with van der Waals surface area (Å²) in [6, 6.07) is 15.3. The van der Waals surface area contributed by atoms with Gasteiger partial charge in [0.1, 0.15) is 0 Å². The summed E-state index contributed by atoms with van der Waals surface area (Å²) in [7, 11) is 0. The number of rotatable bonds is 9. The summed E-state index contributed by atoms with van der Waals surface area (Å²) in [6.07, 6.45) is 0.840. The van der Waals surface area contributed by atoms with E-state index in [2.05, 4.69) is 10.9 Å². The zero-order chi connectivity index (χ0) is 20.2. The molecular weight excluding hydrogens is 364 g/mol. The zero-order valence-corrected chi connectivity index (χ0v) is 15.5. The maximum atomic E-state index is 11.8. The van der Waals surface area contributed by atoms with Gasteiger partial charge in [-0.1, -0.05) is 37.3 Å². The van der Waals surface area contributed by atoms with Gasteiger partial charge in [-0.25, -0.2) is 4.79 Å². The predicted octanol–water partition coefficient (Wildman–Crippen LogP) is 1.86. The van der Waals surface area contributed by atoms with Crippen molar-refractivity contribution in [2.75, 3.05) is 19.8 Å². The fourth-order valence-corrected chi connectivity index (χ4v) is 2.05. The van der Waals surface area contributed by atoms with Crippen LogP contribution in [0.5, 0.6) is 11.5 Å². The van der Waals surface area contributed by atoms with E-state index in [4.69, 9.17) is 14.2 Å². The summed E-state index contributed by atoms with van der Waals surface area (Å²) in [4.78, 5) is 35.2. The fourth-order valence-electron chi connectivity index (χ4n) is 2.05. The number of hydrazine groups is 1. The zero-order valence-electron chi connectivity index (χ0n) is 15.5. The number of carbonyl (C=O) groups excluding carboxylic acids is 3. The molecule has 2 aromatic carbocycles. The normalized spacial score (nSPS) is 9.89. The summed E-state index contributed by atoms with van der Waals surface area (Å²) < 4.78 is 15.7. The van der Waals surface area contributed by atoms with Crippen molar-refractivity contribution >= 4 is 17.8 Å². The lowest BCUT2D eigenvalue weighted by Gasteiger charge is -2.12. The molecule has 2 amide bonds. The Kier molecular flexibility index (Phi) is 8.32. The molecule has 8 nitrogen and oxygen atoms in total. The van der Waals surface area contributed by atoms with Gasteiger partial charge in [0.15, 0.2) is 24.7 Å². The second kappa shape index (κ2) is 11.2. The highest BCUT2D eigenvalue weighted by atomic mass is 16.6. The number of benzene rings is 2. The number of carbonyl (C=O) groups is 3. The van der Waals surface area contributed by atoms with Crippen molar-refractivity contribution in [1.29, 1.82) is 0 Å². The molecule has 148 valence electrons. The Morgan fingerprint density at radius 2 is 1.46 bits per heavy atom. The molecule has 8 heteroatoms. The van der Waals surface area contributed by atoms with E-state index in [1.165, 1.54) is 0 Å². The molecule has 0 atom stereocenters. The van der Waals surface area contributed by atoms with Crippen LogP contribution in [0.15, 0.2) is 54.6 Å².